The average Bonchev–Trinajstić information content (AvgIpc) is 2.24. The third kappa shape index (κ3) is 5.45. The Kier molecular flexibility index (Phi) is 5.08. The monoisotopic (exact) mass is 267 g/mol. The van der Waals surface area contributed by atoms with Crippen LogP contribution in [0.2, 0.25) is 0 Å². The molecule has 4 heteroatoms. The Labute approximate surface area is 113 Å². The van der Waals surface area contributed by atoms with Crippen molar-refractivity contribution in [2.24, 2.45) is 0 Å². The molecule has 0 fully saturated rings. The van der Waals surface area contributed by atoms with Crippen molar-refractivity contribution in [3.8, 4) is 0 Å². The normalized spacial score (nSPS) is 11.4. The third-order valence-corrected chi connectivity index (χ3v) is 2.76. The van der Waals surface area contributed by atoms with E-state index in [0.29, 0.717) is 10.8 Å². The first-order valence-corrected chi connectivity index (χ1v) is 6.91. The summed E-state index contributed by atoms with van der Waals surface area (Å²) in [4.78, 5) is 11.8. The Morgan fingerprint density at radius 3 is 2.22 bits per heavy atom. The Morgan fingerprint density at radius 1 is 1.22 bits per heavy atom. The van der Waals surface area contributed by atoms with Crippen LogP contribution in [0.4, 0.5) is 5.69 Å². The molecule has 0 aliphatic carbocycles. The van der Waals surface area contributed by atoms with E-state index in [0.717, 1.165) is 5.69 Å². The minimum absolute atomic E-state index is 0.287. The van der Waals surface area contributed by atoms with Gasteiger partial charge >= 0.3 is 5.97 Å². The number of ether oxygens (including phenoxy) is 1. The fourth-order valence-electron chi connectivity index (χ4n) is 1.20. The lowest BCUT2D eigenvalue weighted by Crippen LogP contribution is -2.23. The molecule has 0 aromatic heterocycles. The summed E-state index contributed by atoms with van der Waals surface area (Å²) in [6.45, 7) is 9.82. The quantitative estimate of drug-likeness (QED) is 0.658. The van der Waals surface area contributed by atoms with E-state index < -0.39 is 5.60 Å². The Morgan fingerprint density at radius 2 is 1.78 bits per heavy atom. The first kappa shape index (κ1) is 14.9. The van der Waals surface area contributed by atoms with Crippen molar-refractivity contribution in [2.45, 2.75) is 45.5 Å². The summed E-state index contributed by atoms with van der Waals surface area (Å²) in [7, 11) is 0. The number of carbonyl (C=O) groups is 1. The maximum Gasteiger partial charge on any atom is 0.338 e. The Bertz CT molecular complexity index is 393. The Hall–Kier alpha value is -1.16. The van der Waals surface area contributed by atoms with Gasteiger partial charge in [0.2, 0.25) is 0 Å². The molecular weight excluding hydrogens is 246 g/mol. The van der Waals surface area contributed by atoms with Gasteiger partial charge in [0.15, 0.2) is 0 Å². The number of benzene rings is 1. The number of carbonyl (C=O) groups excluding carboxylic acids is 1. The smallest absolute Gasteiger partial charge is 0.338 e. The molecular formula is C14H21NO2S. The highest BCUT2D eigenvalue weighted by atomic mass is 32.2. The van der Waals surface area contributed by atoms with Crippen molar-refractivity contribution < 1.29 is 9.53 Å². The summed E-state index contributed by atoms with van der Waals surface area (Å²) in [5, 5.41) is 0.510. The molecule has 3 nitrogen and oxygen atoms in total. The summed E-state index contributed by atoms with van der Waals surface area (Å²) in [5.74, 6) is -0.287. The van der Waals surface area contributed by atoms with E-state index in [1.807, 2.05) is 32.9 Å². The molecule has 1 aromatic carbocycles. The van der Waals surface area contributed by atoms with Crippen LogP contribution in [0.3, 0.4) is 0 Å². The maximum atomic E-state index is 11.8. The lowest BCUT2D eigenvalue weighted by Gasteiger charge is -2.19. The molecule has 0 saturated carbocycles. The van der Waals surface area contributed by atoms with Crippen LogP contribution in [0.15, 0.2) is 24.3 Å². The topological polar surface area (TPSA) is 38.3 Å². The molecule has 0 heterocycles. The van der Waals surface area contributed by atoms with Crippen LogP contribution in [0, 0.1) is 0 Å². The highest BCUT2D eigenvalue weighted by Crippen LogP contribution is 2.18. The summed E-state index contributed by atoms with van der Waals surface area (Å²) >= 11 is 1.64. The van der Waals surface area contributed by atoms with E-state index in [1.165, 1.54) is 0 Å². The number of esters is 1. The third-order valence-electron chi connectivity index (χ3n) is 1.93. The van der Waals surface area contributed by atoms with E-state index in [4.69, 9.17) is 4.74 Å². The van der Waals surface area contributed by atoms with Crippen LogP contribution >= 0.6 is 11.9 Å². The van der Waals surface area contributed by atoms with Crippen LogP contribution in [0.1, 0.15) is 45.0 Å². The molecule has 0 saturated heterocycles. The van der Waals surface area contributed by atoms with Gasteiger partial charge < -0.3 is 9.46 Å². The molecule has 1 rings (SSSR count). The van der Waals surface area contributed by atoms with Crippen LogP contribution in [0.25, 0.3) is 0 Å². The SMILES string of the molecule is CC(C)SNc1ccc(C(=O)OC(C)(C)C)cc1. The molecule has 1 N–H and O–H groups in total. The molecule has 0 bridgehead atoms. The van der Waals surface area contributed by atoms with Gasteiger partial charge in [0, 0.05) is 10.9 Å². The molecule has 0 unspecified atom stereocenters. The lowest BCUT2D eigenvalue weighted by molar-refractivity contribution is 0.00696. The van der Waals surface area contributed by atoms with Gasteiger partial charge in [0.05, 0.1) is 5.56 Å². The number of hydrogen-bond donors (Lipinski definition) is 1. The minimum atomic E-state index is -0.457. The summed E-state index contributed by atoms with van der Waals surface area (Å²) in [6.07, 6.45) is 0. The van der Waals surface area contributed by atoms with E-state index in [2.05, 4.69) is 18.6 Å². The zero-order valence-corrected chi connectivity index (χ0v) is 12.4. The van der Waals surface area contributed by atoms with Gasteiger partial charge in [0.1, 0.15) is 5.60 Å². The number of rotatable bonds is 4. The second-order valence-corrected chi connectivity index (χ2v) is 6.73. The first-order valence-electron chi connectivity index (χ1n) is 6.03. The van der Waals surface area contributed by atoms with E-state index in [1.54, 1.807) is 24.1 Å². The van der Waals surface area contributed by atoms with Crippen molar-refractivity contribution >= 4 is 23.6 Å². The molecule has 0 amide bonds. The molecule has 0 aliphatic rings. The van der Waals surface area contributed by atoms with Gasteiger partial charge in [-0.15, -0.1) is 0 Å². The van der Waals surface area contributed by atoms with E-state index in [9.17, 15) is 4.79 Å². The zero-order chi connectivity index (χ0) is 13.8. The fraction of sp³-hybridized carbons (Fsp3) is 0.500. The number of anilines is 1. The van der Waals surface area contributed by atoms with Gasteiger partial charge in [-0.3, -0.25) is 0 Å². The van der Waals surface area contributed by atoms with Gasteiger partial charge in [-0.05, 0) is 57.0 Å². The minimum Gasteiger partial charge on any atom is -0.456 e. The molecule has 0 aliphatic heterocycles. The van der Waals surface area contributed by atoms with Gasteiger partial charge in [-0.25, -0.2) is 4.79 Å². The van der Waals surface area contributed by atoms with Gasteiger partial charge in [0.25, 0.3) is 0 Å². The lowest BCUT2D eigenvalue weighted by atomic mass is 10.1. The van der Waals surface area contributed by atoms with Crippen molar-refractivity contribution in [3.05, 3.63) is 29.8 Å². The van der Waals surface area contributed by atoms with Gasteiger partial charge in [-0.2, -0.15) is 0 Å². The predicted octanol–water partition coefficient (Wildman–Crippen LogP) is 4.11. The number of hydrogen-bond acceptors (Lipinski definition) is 4. The molecule has 0 radical (unpaired) electrons. The summed E-state index contributed by atoms with van der Waals surface area (Å²) in [5.41, 5.74) is 1.10. The van der Waals surface area contributed by atoms with Gasteiger partial charge in [-0.1, -0.05) is 13.8 Å². The van der Waals surface area contributed by atoms with Crippen molar-refractivity contribution in [3.63, 3.8) is 0 Å². The van der Waals surface area contributed by atoms with Crippen LogP contribution < -0.4 is 4.72 Å². The summed E-state index contributed by atoms with van der Waals surface area (Å²) < 4.78 is 8.52. The van der Waals surface area contributed by atoms with Crippen LogP contribution in [0.5, 0.6) is 0 Å². The van der Waals surface area contributed by atoms with E-state index >= 15 is 0 Å². The average molecular weight is 267 g/mol. The van der Waals surface area contributed by atoms with E-state index in [-0.39, 0.29) is 5.97 Å². The van der Waals surface area contributed by atoms with Crippen LogP contribution in [-0.2, 0) is 4.74 Å². The molecule has 1 aromatic rings. The van der Waals surface area contributed by atoms with Crippen molar-refractivity contribution in [1.82, 2.24) is 0 Å². The highest BCUT2D eigenvalue weighted by molar-refractivity contribution is 8.01. The predicted molar refractivity (Wildman–Crippen MR) is 78.0 cm³/mol. The molecule has 0 atom stereocenters. The maximum absolute atomic E-state index is 11.8. The summed E-state index contributed by atoms with van der Waals surface area (Å²) in [6, 6.07) is 7.32. The molecule has 100 valence electrons. The number of nitrogens with one attached hydrogen (secondary N) is 1. The largest absolute Gasteiger partial charge is 0.456 e. The molecule has 18 heavy (non-hydrogen) atoms. The second kappa shape index (κ2) is 6.14. The zero-order valence-electron chi connectivity index (χ0n) is 11.6. The highest BCUT2D eigenvalue weighted by Gasteiger charge is 2.17. The molecule has 0 spiro atoms. The van der Waals surface area contributed by atoms with Crippen molar-refractivity contribution in [2.75, 3.05) is 4.72 Å². The first-order chi connectivity index (χ1) is 8.28. The Balaban J connectivity index is 2.62. The standard InChI is InChI=1S/C14H21NO2S/c1-10(2)18-15-12-8-6-11(7-9-12)13(16)17-14(3,4)5/h6-10,15H,1-5H3. The van der Waals surface area contributed by atoms with Crippen LogP contribution in [-0.4, -0.2) is 16.8 Å². The van der Waals surface area contributed by atoms with Crippen molar-refractivity contribution in [1.29, 1.82) is 0 Å². The fourth-order valence-corrected chi connectivity index (χ4v) is 1.71. The second-order valence-electron chi connectivity index (χ2n) is 5.35.